The summed E-state index contributed by atoms with van der Waals surface area (Å²) in [5, 5.41) is 26.5. The Morgan fingerprint density at radius 2 is 1.10 bits per heavy atom. The molecule has 22 nitrogen and oxygen atoms in total. The van der Waals surface area contributed by atoms with Crippen LogP contribution in [0.5, 0.6) is 0 Å². The van der Waals surface area contributed by atoms with Crippen molar-refractivity contribution in [1.29, 1.82) is 0 Å². The largest absolute Gasteiger partial charge is 0.398 e. The fourth-order valence-corrected chi connectivity index (χ4v) is 8.26. The molecule has 0 bridgehead atoms. The van der Waals surface area contributed by atoms with Crippen LogP contribution in [0.3, 0.4) is 0 Å². The summed E-state index contributed by atoms with van der Waals surface area (Å²) in [6.07, 6.45) is 1.81. The number of nitrogen functional groups attached to an aromatic ring is 2. The molecule has 0 amide bonds. The molecule has 0 unspecified atom stereocenters. The Balaban J connectivity index is 1.13. The monoisotopic (exact) mass is 913 g/mol. The molecule has 0 fully saturated rings. The summed E-state index contributed by atoms with van der Waals surface area (Å²) in [6.45, 7) is 0. The van der Waals surface area contributed by atoms with Crippen LogP contribution in [-0.2, 0) is 30.4 Å². The number of nitro benzene ring substituents is 1. The van der Waals surface area contributed by atoms with Crippen LogP contribution in [0, 0.1) is 10.1 Å². The number of carbonyl (C=O) groups excluding carboxylic acids is 2. The first-order chi connectivity index (χ1) is 29.6. The minimum atomic E-state index is -5.21. The SMILES string of the molecule is Nc1cccc2c1C(=O)/C(=N/Nc1ccc(-c3ccc(N/N=C4/C(=O)c5c(cc(S(=O)(=O)O)c(N=Nc6ccc([N+](=O)[O-])cc6)c5N)C=C4S(=O)(=O)O)cc3)cc1)C(S(=O)(=O)O)=C2. The third-order valence-corrected chi connectivity index (χ3v) is 11.8. The predicted molar refractivity (Wildman–Crippen MR) is 231 cm³/mol. The van der Waals surface area contributed by atoms with E-state index in [2.05, 4.69) is 31.3 Å². The van der Waals surface area contributed by atoms with Crippen LogP contribution in [0.25, 0.3) is 23.3 Å². The number of ketones is 2. The van der Waals surface area contributed by atoms with Crippen molar-refractivity contribution in [2.45, 2.75) is 4.90 Å². The van der Waals surface area contributed by atoms with Crippen LogP contribution >= 0.6 is 0 Å². The standard InChI is InChI=1S/C38H27N9O13S3/c39-27-3-1-2-21-16-29(62(55,56)57)35(37(48)31(21)27)45-42-23-8-4-19(5-9-23)20-6-10-24(11-7-20)43-46-36-30(63(58,59)60)18-22-17-28(61(52,53)54)34(33(40)32(22)38(36)49)44-41-25-12-14-26(15-13-25)47(50)51/h1-18,42-43H,39-40H2,(H,52,53,54)(H,55,56,57)(H,58,59,60)/b44-41?,45-35+,46-36+. The Kier molecular flexibility index (Phi) is 11.2. The number of benzene rings is 5. The molecule has 5 aromatic carbocycles. The van der Waals surface area contributed by atoms with Crippen LogP contribution in [0.1, 0.15) is 31.8 Å². The smallest absolute Gasteiger partial charge is 0.296 e. The van der Waals surface area contributed by atoms with Crippen LogP contribution in [0.2, 0.25) is 0 Å². The number of nitrogens with one attached hydrogen (secondary N) is 2. The maximum Gasteiger partial charge on any atom is 0.296 e. The Morgan fingerprint density at radius 3 is 1.57 bits per heavy atom. The van der Waals surface area contributed by atoms with Crippen molar-refractivity contribution in [1.82, 2.24) is 0 Å². The number of fused-ring (bicyclic) bond motifs is 2. The Bertz CT molecular complexity index is 3310. The lowest BCUT2D eigenvalue weighted by Gasteiger charge is -2.20. The molecule has 2 aliphatic carbocycles. The van der Waals surface area contributed by atoms with Gasteiger partial charge in [-0.15, -0.1) is 5.11 Å². The summed E-state index contributed by atoms with van der Waals surface area (Å²) < 4.78 is 104. The second-order valence-electron chi connectivity index (χ2n) is 13.3. The molecule has 0 atom stereocenters. The molecule has 0 spiro atoms. The summed E-state index contributed by atoms with van der Waals surface area (Å²) in [5.74, 6) is -2.03. The highest BCUT2D eigenvalue weighted by molar-refractivity contribution is 7.91. The Labute approximate surface area is 355 Å². The van der Waals surface area contributed by atoms with Gasteiger partial charge >= 0.3 is 0 Å². The van der Waals surface area contributed by atoms with Crippen LogP contribution in [0.4, 0.5) is 39.8 Å². The van der Waals surface area contributed by atoms with E-state index < -0.39 is 95.5 Å². The van der Waals surface area contributed by atoms with Crippen LogP contribution < -0.4 is 22.3 Å². The highest BCUT2D eigenvalue weighted by Crippen LogP contribution is 2.41. The minimum Gasteiger partial charge on any atom is -0.398 e. The van der Waals surface area contributed by atoms with Crippen molar-refractivity contribution in [3.63, 3.8) is 0 Å². The van der Waals surface area contributed by atoms with Gasteiger partial charge in [-0.3, -0.25) is 44.2 Å². The molecule has 63 heavy (non-hydrogen) atoms. The van der Waals surface area contributed by atoms with Crippen molar-refractivity contribution in [2.24, 2.45) is 20.4 Å². The zero-order valence-corrected chi connectivity index (χ0v) is 33.9. The lowest BCUT2D eigenvalue weighted by Crippen LogP contribution is -2.28. The van der Waals surface area contributed by atoms with E-state index in [9.17, 15) is 58.6 Å². The molecule has 0 saturated carbocycles. The molecule has 7 rings (SSSR count). The first kappa shape index (κ1) is 43.3. The van der Waals surface area contributed by atoms with E-state index in [1.165, 1.54) is 42.5 Å². The Morgan fingerprint density at radius 1 is 0.603 bits per heavy atom. The fourth-order valence-electron chi connectivity index (χ4n) is 6.28. The van der Waals surface area contributed by atoms with Crippen molar-refractivity contribution in [3.8, 4) is 11.1 Å². The molecule has 25 heteroatoms. The van der Waals surface area contributed by atoms with Gasteiger partial charge in [0.1, 0.15) is 20.4 Å². The normalized spacial score (nSPS) is 15.5. The Hall–Kier alpha value is -7.81. The van der Waals surface area contributed by atoms with Gasteiger partial charge in [-0.1, -0.05) is 36.4 Å². The van der Waals surface area contributed by atoms with Crippen molar-refractivity contribution in [2.75, 3.05) is 22.3 Å². The number of nitro groups is 1. The predicted octanol–water partition coefficient (Wildman–Crippen LogP) is 5.87. The molecule has 5 aromatic rings. The second-order valence-corrected chi connectivity index (χ2v) is 17.5. The number of anilines is 4. The molecule has 0 aliphatic heterocycles. The first-order valence-electron chi connectivity index (χ1n) is 17.5. The van der Waals surface area contributed by atoms with Gasteiger partial charge in [0.25, 0.3) is 36.0 Å². The summed E-state index contributed by atoms with van der Waals surface area (Å²) >= 11 is 0. The van der Waals surface area contributed by atoms with Gasteiger partial charge < -0.3 is 11.5 Å². The summed E-state index contributed by atoms with van der Waals surface area (Å²) in [5.41, 5.74) is 15.3. The van der Waals surface area contributed by atoms with Crippen LogP contribution in [0.15, 0.2) is 132 Å². The van der Waals surface area contributed by atoms with E-state index in [1.54, 1.807) is 36.4 Å². The quantitative estimate of drug-likeness (QED) is 0.0267. The number of Topliss-reactive ketones (excluding diaryl/α,β-unsaturated/α-hetero) is 2. The van der Waals surface area contributed by atoms with Gasteiger partial charge in [-0.25, -0.2) is 0 Å². The van der Waals surface area contributed by atoms with E-state index >= 15 is 0 Å². The molecular weight excluding hydrogens is 887 g/mol. The van der Waals surface area contributed by atoms with Gasteiger partial charge in [-0.05, 0) is 82.9 Å². The first-order valence-corrected chi connectivity index (χ1v) is 21.8. The van der Waals surface area contributed by atoms with E-state index in [1.807, 2.05) is 0 Å². The van der Waals surface area contributed by atoms with Gasteiger partial charge in [0.15, 0.2) is 11.4 Å². The number of hydrogen-bond acceptors (Lipinski definition) is 18. The molecular formula is C38H27N9O13S3. The topological polar surface area (TPSA) is 366 Å². The summed E-state index contributed by atoms with van der Waals surface area (Å²) in [4.78, 5) is 34.6. The highest BCUT2D eigenvalue weighted by atomic mass is 32.2. The van der Waals surface area contributed by atoms with Gasteiger partial charge in [-0.2, -0.15) is 40.6 Å². The average Bonchev–Trinajstić information content (AvgIpc) is 3.21. The maximum absolute atomic E-state index is 13.9. The average molecular weight is 914 g/mol. The van der Waals surface area contributed by atoms with E-state index in [-0.39, 0.29) is 33.9 Å². The van der Waals surface area contributed by atoms with E-state index in [4.69, 9.17) is 11.5 Å². The molecule has 2 aliphatic rings. The number of azo groups is 1. The van der Waals surface area contributed by atoms with Gasteiger partial charge in [0.05, 0.1) is 38.8 Å². The second kappa shape index (κ2) is 16.2. The highest BCUT2D eigenvalue weighted by Gasteiger charge is 2.37. The third kappa shape index (κ3) is 8.84. The lowest BCUT2D eigenvalue weighted by atomic mass is 9.92. The van der Waals surface area contributed by atoms with E-state index in [0.29, 0.717) is 29.0 Å². The molecule has 320 valence electrons. The zero-order chi connectivity index (χ0) is 45.6. The molecule has 0 heterocycles. The van der Waals surface area contributed by atoms with Gasteiger partial charge in [0, 0.05) is 17.8 Å². The summed E-state index contributed by atoms with van der Waals surface area (Å²) in [7, 11) is -15.2. The van der Waals surface area contributed by atoms with Crippen molar-refractivity contribution in [3.05, 3.63) is 139 Å². The lowest BCUT2D eigenvalue weighted by molar-refractivity contribution is -0.384. The summed E-state index contributed by atoms with van der Waals surface area (Å²) in [6, 6.07) is 22.3. The third-order valence-electron chi connectivity index (χ3n) is 9.24. The minimum absolute atomic E-state index is 0.0141. The number of hydrazone groups is 2. The number of nitrogens with two attached hydrogens (primary N) is 2. The fraction of sp³-hybridized carbons (Fsp3) is 0. The number of carbonyl (C=O) groups is 2. The molecule has 0 radical (unpaired) electrons. The van der Waals surface area contributed by atoms with Crippen molar-refractivity contribution < 1.29 is 53.4 Å². The van der Waals surface area contributed by atoms with Crippen LogP contribution in [-0.4, -0.2) is 66.8 Å². The number of non-ortho nitro benzene ring substituents is 1. The van der Waals surface area contributed by atoms with Crippen molar-refractivity contribution >= 4 is 105 Å². The maximum atomic E-state index is 13.9. The van der Waals surface area contributed by atoms with E-state index in [0.717, 1.165) is 18.2 Å². The molecule has 9 N–H and O–H groups in total. The molecule has 0 saturated heterocycles. The zero-order valence-electron chi connectivity index (χ0n) is 31.4. The number of rotatable bonds is 11. The van der Waals surface area contributed by atoms with Gasteiger partial charge in [0.2, 0.25) is 11.6 Å². The number of nitrogens with zero attached hydrogens (tertiary/aromatic N) is 5. The number of hydrogen-bond donors (Lipinski definition) is 7. The molecule has 0 aromatic heterocycles. The number of allylic oxidation sites excluding steroid dienone is 2.